The lowest BCUT2D eigenvalue weighted by Gasteiger charge is -2.25. The number of hydrogen-bond donors (Lipinski definition) is 1. The third-order valence-corrected chi connectivity index (χ3v) is 5.56. The molecule has 2 heteroatoms. The summed E-state index contributed by atoms with van der Waals surface area (Å²) in [5.74, 6) is 0. The minimum absolute atomic E-state index is 0.323. The standard InChI is InChI=1S/C12H17NS/c1-11(2)10(13)12(11)6-3-4-9-8(12)5-7-14-9/h5,7,10H,3-4,6,13H2,1-2H3. The third-order valence-electron chi connectivity index (χ3n) is 4.58. The van der Waals surface area contributed by atoms with E-state index in [0.717, 1.165) is 0 Å². The molecule has 1 fully saturated rings. The lowest BCUT2D eigenvalue weighted by Crippen LogP contribution is -2.23. The Morgan fingerprint density at radius 2 is 2.21 bits per heavy atom. The predicted octanol–water partition coefficient (Wildman–Crippen LogP) is 2.69. The molecule has 1 nitrogen and oxygen atoms in total. The van der Waals surface area contributed by atoms with Crippen molar-refractivity contribution >= 4 is 11.3 Å². The molecule has 1 spiro atoms. The monoisotopic (exact) mass is 207 g/mol. The highest BCUT2D eigenvalue weighted by Crippen LogP contribution is 2.67. The van der Waals surface area contributed by atoms with Crippen LogP contribution in [0.1, 0.15) is 37.1 Å². The maximum absolute atomic E-state index is 6.29. The summed E-state index contributed by atoms with van der Waals surface area (Å²) in [6.07, 6.45) is 3.90. The molecule has 1 heterocycles. The summed E-state index contributed by atoms with van der Waals surface area (Å²) in [6, 6.07) is 2.69. The van der Waals surface area contributed by atoms with Crippen molar-refractivity contribution in [2.75, 3.05) is 0 Å². The Labute approximate surface area is 89.3 Å². The zero-order chi connectivity index (χ0) is 9.97. The zero-order valence-corrected chi connectivity index (χ0v) is 9.66. The Hall–Kier alpha value is -0.340. The largest absolute Gasteiger partial charge is 0.326 e. The van der Waals surface area contributed by atoms with E-state index in [-0.39, 0.29) is 0 Å². The van der Waals surface area contributed by atoms with Gasteiger partial charge < -0.3 is 5.73 Å². The molecule has 2 atom stereocenters. The molecule has 0 aromatic carbocycles. The first-order valence-corrected chi connectivity index (χ1v) is 6.31. The van der Waals surface area contributed by atoms with Gasteiger partial charge in [0.2, 0.25) is 0 Å². The van der Waals surface area contributed by atoms with Gasteiger partial charge in [-0.25, -0.2) is 0 Å². The van der Waals surface area contributed by atoms with Gasteiger partial charge in [0.05, 0.1) is 0 Å². The molecule has 2 unspecified atom stereocenters. The summed E-state index contributed by atoms with van der Waals surface area (Å²) in [5.41, 5.74) is 8.52. The molecule has 2 N–H and O–H groups in total. The Bertz CT molecular complexity index is 379. The van der Waals surface area contributed by atoms with E-state index in [4.69, 9.17) is 5.73 Å². The molecule has 1 aromatic rings. The molecule has 76 valence electrons. The van der Waals surface area contributed by atoms with Crippen molar-refractivity contribution in [1.29, 1.82) is 0 Å². The normalized spacial score (nSPS) is 38.4. The van der Waals surface area contributed by atoms with Crippen LogP contribution in [-0.4, -0.2) is 6.04 Å². The summed E-state index contributed by atoms with van der Waals surface area (Å²) in [6.45, 7) is 4.65. The minimum Gasteiger partial charge on any atom is -0.326 e. The number of thiophene rings is 1. The molecule has 1 saturated carbocycles. The molecule has 1 aromatic heterocycles. The van der Waals surface area contributed by atoms with Gasteiger partial charge in [-0.15, -0.1) is 11.3 Å². The fraction of sp³-hybridized carbons (Fsp3) is 0.667. The third kappa shape index (κ3) is 0.763. The zero-order valence-electron chi connectivity index (χ0n) is 8.84. The second kappa shape index (κ2) is 2.42. The van der Waals surface area contributed by atoms with E-state index in [1.165, 1.54) is 19.3 Å². The Morgan fingerprint density at radius 3 is 2.86 bits per heavy atom. The topological polar surface area (TPSA) is 26.0 Å². The average Bonchev–Trinajstić information content (AvgIpc) is 2.62. The molecule has 0 saturated heterocycles. The first-order chi connectivity index (χ1) is 6.61. The van der Waals surface area contributed by atoms with E-state index in [0.29, 0.717) is 16.9 Å². The maximum Gasteiger partial charge on any atom is 0.0203 e. The number of fused-ring (bicyclic) bond motifs is 2. The van der Waals surface area contributed by atoms with E-state index < -0.39 is 0 Å². The highest BCUT2D eigenvalue weighted by molar-refractivity contribution is 7.10. The molecule has 2 aliphatic carbocycles. The van der Waals surface area contributed by atoms with E-state index in [2.05, 4.69) is 25.3 Å². The molecule has 0 radical (unpaired) electrons. The summed E-state index contributed by atoms with van der Waals surface area (Å²) < 4.78 is 0. The predicted molar refractivity (Wildman–Crippen MR) is 60.7 cm³/mol. The first kappa shape index (κ1) is 8.93. The summed E-state index contributed by atoms with van der Waals surface area (Å²) in [7, 11) is 0. The second-order valence-electron chi connectivity index (χ2n) is 5.28. The summed E-state index contributed by atoms with van der Waals surface area (Å²) in [4.78, 5) is 1.59. The van der Waals surface area contributed by atoms with Crippen LogP contribution in [0.5, 0.6) is 0 Å². The Kier molecular flexibility index (Phi) is 1.54. The van der Waals surface area contributed by atoms with Crippen LogP contribution in [0.3, 0.4) is 0 Å². The minimum atomic E-state index is 0.323. The van der Waals surface area contributed by atoms with Gasteiger partial charge in [0.25, 0.3) is 0 Å². The Balaban J connectivity index is 2.15. The number of aryl methyl sites for hydroxylation is 1. The Morgan fingerprint density at radius 1 is 1.50 bits per heavy atom. The number of hydrogen-bond acceptors (Lipinski definition) is 2. The molecular formula is C12H17NS. The summed E-state index contributed by atoms with van der Waals surface area (Å²) in [5, 5.41) is 2.23. The fourth-order valence-corrected chi connectivity index (χ4v) is 4.49. The maximum atomic E-state index is 6.29. The second-order valence-corrected chi connectivity index (χ2v) is 6.28. The fourth-order valence-electron chi connectivity index (χ4n) is 3.48. The van der Waals surface area contributed by atoms with Crippen LogP contribution < -0.4 is 5.73 Å². The lowest BCUT2D eigenvalue weighted by atomic mass is 9.79. The average molecular weight is 207 g/mol. The quantitative estimate of drug-likeness (QED) is 0.695. The number of rotatable bonds is 0. The molecule has 14 heavy (non-hydrogen) atoms. The van der Waals surface area contributed by atoms with Crippen LogP contribution in [0.2, 0.25) is 0 Å². The van der Waals surface area contributed by atoms with Gasteiger partial charge in [-0.3, -0.25) is 0 Å². The lowest BCUT2D eigenvalue weighted by molar-refractivity contribution is 0.435. The van der Waals surface area contributed by atoms with Gasteiger partial charge in [0.15, 0.2) is 0 Å². The number of nitrogens with two attached hydrogens (primary N) is 1. The van der Waals surface area contributed by atoms with Gasteiger partial charge >= 0.3 is 0 Å². The first-order valence-electron chi connectivity index (χ1n) is 5.43. The van der Waals surface area contributed by atoms with Crippen molar-refractivity contribution in [3.8, 4) is 0 Å². The van der Waals surface area contributed by atoms with Crippen molar-refractivity contribution in [3.05, 3.63) is 21.9 Å². The molecule has 2 aliphatic rings. The van der Waals surface area contributed by atoms with E-state index in [1.807, 2.05) is 11.3 Å². The van der Waals surface area contributed by atoms with Crippen molar-refractivity contribution in [1.82, 2.24) is 0 Å². The van der Waals surface area contributed by atoms with Crippen LogP contribution in [0.15, 0.2) is 11.4 Å². The van der Waals surface area contributed by atoms with E-state index >= 15 is 0 Å². The van der Waals surface area contributed by atoms with Crippen molar-refractivity contribution in [2.24, 2.45) is 11.1 Å². The van der Waals surface area contributed by atoms with Crippen LogP contribution in [0, 0.1) is 5.41 Å². The van der Waals surface area contributed by atoms with Gasteiger partial charge in [0, 0.05) is 16.3 Å². The van der Waals surface area contributed by atoms with Gasteiger partial charge in [-0.05, 0) is 41.7 Å². The van der Waals surface area contributed by atoms with Gasteiger partial charge in [-0.1, -0.05) is 13.8 Å². The summed E-state index contributed by atoms with van der Waals surface area (Å²) >= 11 is 1.91. The smallest absolute Gasteiger partial charge is 0.0203 e. The van der Waals surface area contributed by atoms with Gasteiger partial charge in [-0.2, -0.15) is 0 Å². The highest BCUT2D eigenvalue weighted by atomic mass is 32.1. The molecule has 3 rings (SSSR count). The van der Waals surface area contributed by atoms with Gasteiger partial charge in [0.1, 0.15) is 0 Å². The molecule has 0 bridgehead atoms. The van der Waals surface area contributed by atoms with Crippen molar-refractivity contribution in [2.45, 2.75) is 44.6 Å². The molecular weight excluding hydrogens is 190 g/mol. The van der Waals surface area contributed by atoms with Crippen LogP contribution in [0.4, 0.5) is 0 Å². The SMILES string of the molecule is CC1(C)C(N)C12CCCc1sccc12. The van der Waals surface area contributed by atoms with Crippen molar-refractivity contribution in [3.63, 3.8) is 0 Å². The molecule has 0 amide bonds. The van der Waals surface area contributed by atoms with Crippen molar-refractivity contribution < 1.29 is 0 Å². The van der Waals surface area contributed by atoms with Crippen LogP contribution in [-0.2, 0) is 11.8 Å². The van der Waals surface area contributed by atoms with Crippen LogP contribution in [0.25, 0.3) is 0 Å². The van der Waals surface area contributed by atoms with E-state index in [1.54, 1.807) is 10.4 Å². The van der Waals surface area contributed by atoms with Crippen LogP contribution >= 0.6 is 11.3 Å². The van der Waals surface area contributed by atoms with E-state index in [9.17, 15) is 0 Å². The molecule has 0 aliphatic heterocycles. The highest BCUT2D eigenvalue weighted by Gasteiger charge is 2.70.